The Kier molecular flexibility index (Phi) is 3.54. The summed E-state index contributed by atoms with van der Waals surface area (Å²) >= 11 is 0. The molecule has 3 aromatic rings. The van der Waals surface area contributed by atoms with E-state index >= 15 is 0 Å². The number of methoxy groups -OCH3 is 1. The van der Waals surface area contributed by atoms with E-state index in [1.54, 1.807) is 30.3 Å². The topological polar surface area (TPSA) is 61.0 Å². The summed E-state index contributed by atoms with van der Waals surface area (Å²) in [4.78, 5) is 7.42. The number of hydrogen-bond donors (Lipinski definition) is 0. The summed E-state index contributed by atoms with van der Waals surface area (Å²) < 4.78 is 38.4. The number of nitrogens with zero attached hydrogens (tertiary/aromatic N) is 3. The van der Waals surface area contributed by atoms with Gasteiger partial charge < -0.3 is 9.26 Å². The van der Waals surface area contributed by atoms with Gasteiger partial charge in [0.15, 0.2) is 0 Å². The van der Waals surface area contributed by atoms with E-state index in [-0.39, 0.29) is 5.82 Å². The standard InChI is InChI=1S/C15H11F2N3O2/c1-21-11-6-4-5-10(9-11)13-19-14(22-20-13)15(16,17)12-7-2-3-8-18-12/h2-9H,1H3. The molecular formula is C15H11F2N3O2. The first-order chi connectivity index (χ1) is 10.6. The second kappa shape index (κ2) is 5.51. The quantitative estimate of drug-likeness (QED) is 0.740. The van der Waals surface area contributed by atoms with Gasteiger partial charge in [0.1, 0.15) is 11.4 Å². The van der Waals surface area contributed by atoms with Crippen LogP contribution in [-0.4, -0.2) is 22.2 Å². The van der Waals surface area contributed by atoms with Crippen LogP contribution in [0.15, 0.2) is 53.2 Å². The maximum Gasteiger partial charge on any atom is 0.366 e. The number of ether oxygens (including phenoxy) is 1. The van der Waals surface area contributed by atoms with Gasteiger partial charge in [-0.1, -0.05) is 23.4 Å². The van der Waals surface area contributed by atoms with E-state index in [1.165, 1.54) is 25.4 Å². The van der Waals surface area contributed by atoms with E-state index < -0.39 is 17.5 Å². The summed E-state index contributed by atoms with van der Waals surface area (Å²) in [5.41, 5.74) is 0.0713. The highest BCUT2D eigenvalue weighted by molar-refractivity contribution is 5.57. The molecule has 22 heavy (non-hydrogen) atoms. The van der Waals surface area contributed by atoms with Gasteiger partial charge in [-0.2, -0.15) is 13.8 Å². The van der Waals surface area contributed by atoms with E-state index in [4.69, 9.17) is 9.26 Å². The average Bonchev–Trinajstić information content (AvgIpc) is 3.06. The molecule has 7 heteroatoms. The molecule has 0 spiro atoms. The molecule has 0 fully saturated rings. The van der Waals surface area contributed by atoms with Crippen molar-refractivity contribution in [2.45, 2.75) is 5.92 Å². The average molecular weight is 303 g/mol. The predicted octanol–water partition coefficient (Wildman–Crippen LogP) is 3.28. The van der Waals surface area contributed by atoms with Crippen molar-refractivity contribution in [2.75, 3.05) is 7.11 Å². The summed E-state index contributed by atoms with van der Waals surface area (Å²) in [6, 6.07) is 11.0. The van der Waals surface area contributed by atoms with Crippen LogP contribution in [-0.2, 0) is 5.92 Å². The molecule has 0 saturated heterocycles. The first kappa shape index (κ1) is 14.1. The highest BCUT2D eigenvalue weighted by Crippen LogP contribution is 2.34. The van der Waals surface area contributed by atoms with Crippen LogP contribution in [0.5, 0.6) is 5.75 Å². The highest BCUT2D eigenvalue weighted by Gasteiger charge is 2.42. The van der Waals surface area contributed by atoms with Crippen LogP contribution in [0.25, 0.3) is 11.4 Å². The number of halogens is 2. The maximum atomic E-state index is 14.3. The Morgan fingerprint density at radius 3 is 2.73 bits per heavy atom. The number of pyridine rings is 1. The number of alkyl halides is 2. The van der Waals surface area contributed by atoms with E-state index in [9.17, 15) is 8.78 Å². The minimum Gasteiger partial charge on any atom is -0.497 e. The van der Waals surface area contributed by atoms with Crippen LogP contribution in [0.4, 0.5) is 8.78 Å². The smallest absolute Gasteiger partial charge is 0.366 e. The van der Waals surface area contributed by atoms with E-state index in [0.29, 0.717) is 11.3 Å². The SMILES string of the molecule is COc1cccc(-c2noc(C(F)(F)c3ccccn3)n2)c1. The highest BCUT2D eigenvalue weighted by atomic mass is 19.3. The molecule has 0 aliphatic carbocycles. The molecule has 0 bridgehead atoms. The molecule has 0 atom stereocenters. The second-order valence-electron chi connectivity index (χ2n) is 4.44. The van der Waals surface area contributed by atoms with Crippen LogP contribution in [0.1, 0.15) is 11.6 Å². The molecule has 2 aromatic heterocycles. The molecule has 0 aliphatic rings. The predicted molar refractivity (Wildman–Crippen MR) is 73.5 cm³/mol. The van der Waals surface area contributed by atoms with E-state index in [0.717, 1.165) is 0 Å². The van der Waals surface area contributed by atoms with E-state index in [1.807, 2.05) is 0 Å². The summed E-state index contributed by atoms with van der Waals surface area (Å²) in [6.07, 6.45) is 1.28. The van der Waals surface area contributed by atoms with Crippen LogP contribution in [0.2, 0.25) is 0 Å². The van der Waals surface area contributed by atoms with Gasteiger partial charge in [-0.05, 0) is 24.3 Å². The lowest BCUT2D eigenvalue weighted by Crippen LogP contribution is -2.17. The summed E-state index contributed by atoms with van der Waals surface area (Å²) in [5, 5.41) is 3.60. The minimum absolute atomic E-state index is 0.0597. The molecule has 0 radical (unpaired) electrons. The zero-order valence-corrected chi connectivity index (χ0v) is 11.5. The van der Waals surface area contributed by atoms with Crippen molar-refractivity contribution >= 4 is 0 Å². The van der Waals surface area contributed by atoms with Crippen LogP contribution in [0.3, 0.4) is 0 Å². The van der Waals surface area contributed by atoms with Gasteiger partial charge in [0.05, 0.1) is 7.11 Å². The lowest BCUT2D eigenvalue weighted by Gasteiger charge is -2.09. The van der Waals surface area contributed by atoms with Gasteiger partial charge in [-0.15, -0.1) is 0 Å². The van der Waals surface area contributed by atoms with Crippen LogP contribution >= 0.6 is 0 Å². The summed E-state index contributed by atoms with van der Waals surface area (Å²) in [7, 11) is 1.51. The molecule has 0 unspecified atom stereocenters. The number of hydrogen-bond acceptors (Lipinski definition) is 5. The molecular weight excluding hydrogens is 292 g/mol. The van der Waals surface area contributed by atoms with Gasteiger partial charge in [0.25, 0.3) is 0 Å². The van der Waals surface area contributed by atoms with Crippen LogP contribution in [0, 0.1) is 0 Å². The molecule has 0 saturated carbocycles. The summed E-state index contributed by atoms with van der Waals surface area (Å²) in [5.74, 6) is -3.63. The third-order valence-electron chi connectivity index (χ3n) is 3.01. The largest absolute Gasteiger partial charge is 0.497 e. The Bertz CT molecular complexity index is 775. The van der Waals surface area contributed by atoms with Gasteiger partial charge in [0, 0.05) is 11.8 Å². The maximum absolute atomic E-state index is 14.3. The fraction of sp³-hybridized carbons (Fsp3) is 0.133. The van der Waals surface area contributed by atoms with Gasteiger partial charge in [-0.3, -0.25) is 4.98 Å². The van der Waals surface area contributed by atoms with Crippen molar-refractivity contribution in [3.8, 4) is 17.1 Å². The molecule has 0 amide bonds. The Labute approximate surface area is 124 Å². The lowest BCUT2D eigenvalue weighted by molar-refractivity contribution is 0.00336. The van der Waals surface area contributed by atoms with Gasteiger partial charge in [0.2, 0.25) is 5.82 Å². The van der Waals surface area contributed by atoms with Crippen molar-refractivity contribution in [1.29, 1.82) is 0 Å². The lowest BCUT2D eigenvalue weighted by atomic mass is 10.2. The third-order valence-corrected chi connectivity index (χ3v) is 3.01. The van der Waals surface area contributed by atoms with Crippen molar-refractivity contribution < 1.29 is 18.0 Å². The number of benzene rings is 1. The monoisotopic (exact) mass is 303 g/mol. The molecule has 0 N–H and O–H groups in total. The third kappa shape index (κ3) is 2.52. The molecule has 5 nitrogen and oxygen atoms in total. The fourth-order valence-corrected chi connectivity index (χ4v) is 1.89. The molecule has 3 rings (SSSR count). The van der Waals surface area contributed by atoms with Gasteiger partial charge >= 0.3 is 11.8 Å². The number of aromatic nitrogens is 3. The molecule has 2 heterocycles. The van der Waals surface area contributed by atoms with Crippen molar-refractivity contribution in [3.63, 3.8) is 0 Å². The number of rotatable bonds is 4. The molecule has 0 aliphatic heterocycles. The molecule has 1 aromatic carbocycles. The van der Waals surface area contributed by atoms with Crippen LogP contribution < -0.4 is 4.74 Å². The second-order valence-corrected chi connectivity index (χ2v) is 4.44. The molecule has 112 valence electrons. The van der Waals surface area contributed by atoms with Crippen molar-refractivity contribution in [3.05, 3.63) is 60.2 Å². The Morgan fingerprint density at radius 2 is 2.00 bits per heavy atom. The summed E-state index contributed by atoms with van der Waals surface area (Å²) in [6.45, 7) is 0. The van der Waals surface area contributed by atoms with Crippen molar-refractivity contribution in [2.24, 2.45) is 0 Å². The minimum atomic E-state index is -3.45. The Hall–Kier alpha value is -2.83. The van der Waals surface area contributed by atoms with E-state index in [2.05, 4.69) is 15.1 Å². The van der Waals surface area contributed by atoms with Crippen molar-refractivity contribution in [1.82, 2.24) is 15.1 Å². The normalized spacial score (nSPS) is 11.4. The first-order valence-electron chi connectivity index (χ1n) is 6.39. The zero-order chi connectivity index (χ0) is 15.6. The zero-order valence-electron chi connectivity index (χ0n) is 11.5. The Morgan fingerprint density at radius 1 is 1.14 bits per heavy atom. The first-order valence-corrected chi connectivity index (χ1v) is 6.39. The Balaban J connectivity index is 1.96. The fourth-order valence-electron chi connectivity index (χ4n) is 1.89. The van der Waals surface area contributed by atoms with Gasteiger partial charge in [-0.25, -0.2) is 0 Å².